The van der Waals surface area contributed by atoms with Crippen LogP contribution < -0.4 is 9.05 Å². The van der Waals surface area contributed by atoms with Crippen molar-refractivity contribution in [3.63, 3.8) is 0 Å². The molecule has 0 radical (unpaired) electrons. The van der Waals surface area contributed by atoms with Gasteiger partial charge in [-0.3, -0.25) is 0 Å². The summed E-state index contributed by atoms with van der Waals surface area (Å²) in [6.07, 6.45) is 0.720. The van der Waals surface area contributed by atoms with Crippen LogP contribution in [-0.2, 0) is 0 Å². The van der Waals surface area contributed by atoms with Gasteiger partial charge in [-0.05, 0) is 0 Å². The van der Waals surface area contributed by atoms with Crippen molar-refractivity contribution in [1.82, 2.24) is 0 Å². The molecule has 1 aliphatic rings. The zero-order valence-corrected chi connectivity index (χ0v) is 27.5. The third-order valence-electron chi connectivity index (χ3n) is 8.75. The molecule has 0 saturated heterocycles. The van der Waals surface area contributed by atoms with Gasteiger partial charge in [0.05, 0.1) is 0 Å². The summed E-state index contributed by atoms with van der Waals surface area (Å²) in [7, 11) is 0. The first-order valence-corrected chi connectivity index (χ1v) is 19.4. The zero-order valence-electron chi connectivity index (χ0n) is 24.9. The molecule has 0 aliphatic carbocycles. The fourth-order valence-corrected chi connectivity index (χ4v) is 11.0. The molecule has 1 aliphatic heterocycles. The molecule has 0 fully saturated rings. The van der Waals surface area contributed by atoms with E-state index < -0.39 is 5.96 Å². The average molecular weight is 666 g/mol. The van der Waals surface area contributed by atoms with Crippen molar-refractivity contribution < 1.29 is 9.05 Å². The summed E-state index contributed by atoms with van der Waals surface area (Å²) in [5.41, 5.74) is 7.82. The Morgan fingerprint density at radius 2 is 0.933 bits per heavy atom. The number of fused-ring (bicyclic) bond motifs is 7. The van der Waals surface area contributed by atoms with Crippen LogP contribution in [-0.4, -0.2) is 21.3 Å². The second-order valence-corrected chi connectivity index (χ2v) is 17.2. The Morgan fingerprint density at radius 1 is 0.533 bits per heavy atom. The molecule has 0 aromatic heterocycles. The monoisotopic (exact) mass is 666 g/mol. The quantitative estimate of drug-likeness (QED) is 0.135. The number of rotatable bonds is 5. The molecular weight excluding hydrogens is 634 g/mol. The van der Waals surface area contributed by atoms with Crippen molar-refractivity contribution in [3.8, 4) is 44.9 Å². The molecule has 1 atom stereocenters. The van der Waals surface area contributed by atoms with Crippen LogP contribution in [0.3, 0.4) is 0 Å². The Hall–Kier alpha value is -4.39. The molecule has 4 heteroatoms. The van der Waals surface area contributed by atoms with Gasteiger partial charge < -0.3 is 0 Å². The topological polar surface area (TPSA) is 18.5 Å². The summed E-state index contributed by atoms with van der Waals surface area (Å²) in [6, 6.07) is 53.8. The molecule has 7 aromatic carbocycles. The standard InChI is InChI=1S/C41H31O2PSe/c1-28(29-15-5-2-6-16-29)27-44(45)42-40-36(30-17-7-3-8-18-30)25-32-21-11-13-23-34(32)38(40)39-35-24-14-12-22-33(35)26-37(41(39)43-44)31-19-9-4-10-20-31/h2-26,28H,27H2,1H3. The van der Waals surface area contributed by atoms with E-state index in [4.69, 9.17) is 9.05 Å². The van der Waals surface area contributed by atoms with Crippen LogP contribution >= 0.6 is 5.96 Å². The summed E-state index contributed by atoms with van der Waals surface area (Å²) >= 11 is 3.54. The number of benzene rings is 7. The maximum atomic E-state index is 7.39. The van der Waals surface area contributed by atoms with Crippen molar-refractivity contribution in [2.75, 3.05) is 6.16 Å². The van der Waals surface area contributed by atoms with Gasteiger partial charge in [-0.15, -0.1) is 0 Å². The summed E-state index contributed by atoms with van der Waals surface area (Å²) < 4.78 is 14.8. The van der Waals surface area contributed by atoms with Crippen molar-refractivity contribution in [3.05, 3.63) is 157 Å². The zero-order chi connectivity index (χ0) is 30.4. The molecule has 8 rings (SSSR count). The van der Waals surface area contributed by atoms with Crippen LogP contribution in [0.4, 0.5) is 0 Å². The van der Waals surface area contributed by atoms with Gasteiger partial charge in [0.1, 0.15) is 0 Å². The van der Waals surface area contributed by atoms with Gasteiger partial charge >= 0.3 is 273 Å². The Labute approximate surface area is 271 Å². The second-order valence-electron chi connectivity index (χ2n) is 11.7. The minimum absolute atomic E-state index is 0.215. The van der Waals surface area contributed by atoms with E-state index in [1.165, 1.54) is 16.3 Å². The summed E-state index contributed by atoms with van der Waals surface area (Å²) in [4.78, 5) is 0. The van der Waals surface area contributed by atoms with Gasteiger partial charge in [0.15, 0.2) is 0 Å². The van der Waals surface area contributed by atoms with Crippen LogP contribution in [0.1, 0.15) is 18.4 Å². The van der Waals surface area contributed by atoms with E-state index in [2.05, 4.69) is 174 Å². The van der Waals surface area contributed by atoms with Gasteiger partial charge in [0, 0.05) is 0 Å². The Kier molecular flexibility index (Phi) is 7.19. The average Bonchev–Trinajstić information content (AvgIpc) is 3.23. The van der Waals surface area contributed by atoms with Crippen LogP contribution in [0.15, 0.2) is 152 Å². The number of hydrogen-bond acceptors (Lipinski definition) is 2. The third kappa shape index (κ3) is 5.12. The second kappa shape index (κ2) is 11.5. The van der Waals surface area contributed by atoms with Gasteiger partial charge in [-0.25, -0.2) is 0 Å². The molecule has 45 heavy (non-hydrogen) atoms. The fraction of sp³-hybridized carbons (Fsp3) is 0.0732. The van der Waals surface area contributed by atoms with E-state index in [1.807, 2.05) is 0 Å². The normalized spacial score (nSPS) is 14.1. The Bertz CT molecular complexity index is 2100. The van der Waals surface area contributed by atoms with Crippen LogP contribution in [0.25, 0.3) is 54.9 Å². The first-order valence-electron chi connectivity index (χ1n) is 15.3. The van der Waals surface area contributed by atoms with Gasteiger partial charge in [-0.2, -0.15) is 0 Å². The molecule has 2 nitrogen and oxygen atoms in total. The molecule has 0 N–H and O–H groups in total. The van der Waals surface area contributed by atoms with Gasteiger partial charge in [0.25, 0.3) is 0 Å². The summed E-state index contributed by atoms with van der Waals surface area (Å²) in [6.45, 7) is 2.27. The van der Waals surface area contributed by atoms with Gasteiger partial charge in [0.2, 0.25) is 0 Å². The molecule has 1 unspecified atom stereocenters. The first-order chi connectivity index (χ1) is 22.1. The van der Waals surface area contributed by atoms with E-state index in [1.54, 1.807) is 0 Å². The third-order valence-corrected chi connectivity index (χ3v) is 12.5. The summed E-state index contributed by atoms with van der Waals surface area (Å²) in [5, 5.41) is 4.64. The molecule has 0 spiro atoms. The molecule has 7 aromatic rings. The molecule has 218 valence electrons. The SMILES string of the molecule is CC(CP1(=[Se])Oc2c(-c3ccccc3)cc3ccccc3c2-c2c(c(-c3ccccc3)cc3ccccc23)O1)c1ccccc1. The predicted molar refractivity (Wildman–Crippen MR) is 191 cm³/mol. The van der Waals surface area contributed by atoms with Crippen molar-refractivity contribution in [2.24, 2.45) is 0 Å². The van der Waals surface area contributed by atoms with Crippen LogP contribution in [0.5, 0.6) is 11.5 Å². The fourth-order valence-electron chi connectivity index (χ4n) is 6.60. The molecule has 1 heterocycles. The molecular formula is C41H31O2PSe. The van der Waals surface area contributed by atoms with Crippen LogP contribution in [0.2, 0.25) is 0 Å². The first kappa shape index (κ1) is 28.1. The number of hydrogen-bond donors (Lipinski definition) is 0. The predicted octanol–water partition coefficient (Wildman–Crippen LogP) is 11.5. The summed E-state index contributed by atoms with van der Waals surface area (Å²) in [5.74, 6) is -0.701. The van der Waals surface area contributed by atoms with Crippen molar-refractivity contribution in [1.29, 1.82) is 0 Å². The van der Waals surface area contributed by atoms with Crippen LogP contribution in [0, 0.1) is 0 Å². The van der Waals surface area contributed by atoms with Gasteiger partial charge in [-0.1, -0.05) is 0 Å². The Morgan fingerprint density at radius 3 is 1.40 bits per heavy atom. The van der Waals surface area contributed by atoms with E-state index in [0.717, 1.165) is 61.8 Å². The molecule has 0 bridgehead atoms. The molecule has 0 saturated carbocycles. The van der Waals surface area contributed by atoms with E-state index >= 15 is 0 Å². The maximum absolute atomic E-state index is 7.39. The van der Waals surface area contributed by atoms with E-state index in [9.17, 15) is 0 Å². The van der Waals surface area contributed by atoms with Crippen molar-refractivity contribution >= 4 is 42.6 Å². The van der Waals surface area contributed by atoms with E-state index in [-0.39, 0.29) is 5.92 Å². The Balaban J connectivity index is 1.50. The van der Waals surface area contributed by atoms with Crippen molar-refractivity contribution in [2.45, 2.75) is 12.8 Å². The van der Waals surface area contributed by atoms with E-state index in [0.29, 0.717) is 0 Å². The molecule has 0 amide bonds. The minimum atomic E-state index is -2.67.